The van der Waals surface area contributed by atoms with Gasteiger partial charge in [-0.25, -0.2) is 0 Å². The van der Waals surface area contributed by atoms with Crippen molar-refractivity contribution in [2.24, 2.45) is 0 Å². The van der Waals surface area contributed by atoms with Gasteiger partial charge in [0, 0.05) is 0 Å². The summed E-state index contributed by atoms with van der Waals surface area (Å²) < 4.78 is 0. The van der Waals surface area contributed by atoms with Crippen molar-refractivity contribution in [2.75, 3.05) is 0 Å². The zero-order valence-corrected chi connectivity index (χ0v) is 12.7. The maximum Gasteiger partial charge on any atom is 0.304 e. The first-order valence-electron chi connectivity index (χ1n) is 7.03. The van der Waals surface area contributed by atoms with E-state index in [1.165, 1.54) is 0 Å². The van der Waals surface area contributed by atoms with E-state index in [-0.39, 0.29) is 11.5 Å². The normalized spacial score (nSPS) is 13.7. The van der Waals surface area contributed by atoms with Crippen molar-refractivity contribution in [2.45, 2.75) is 50.9 Å². The van der Waals surface area contributed by atoms with Gasteiger partial charge in [0.1, 0.15) is 0 Å². The van der Waals surface area contributed by atoms with Crippen molar-refractivity contribution in [3.8, 4) is 0 Å². The van der Waals surface area contributed by atoms with Crippen LogP contribution >= 0.6 is 12.6 Å². The number of carbonyl (C=O) groups is 2. The van der Waals surface area contributed by atoms with Crippen LogP contribution in [0, 0.1) is 0 Å². The molecule has 0 saturated carbocycles. The number of unbranched alkanes of at least 4 members (excludes halogenated alkanes) is 3. The van der Waals surface area contributed by atoms with Crippen molar-refractivity contribution >= 4 is 23.7 Å². The number of hydrogen-bond acceptors (Lipinski definition) is 2. The zero-order chi connectivity index (χ0) is 15.0. The Morgan fingerprint density at radius 3 is 2.30 bits per heavy atom. The maximum absolute atomic E-state index is 12.1. The van der Waals surface area contributed by atoms with Crippen LogP contribution in [0.1, 0.15) is 51.0 Å². The van der Waals surface area contributed by atoms with Crippen LogP contribution in [-0.4, -0.2) is 16.2 Å². The highest BCUT2D eigenvalue weighted by Crippen LogP contribution is 2.36. The molecule has 1 atom stereocenters. The Bertz CT molecular complexity index is 444. The van der Waals surface area contributed by atoms with Gasteiger partial charge in [-0.2, -0.15) is 0 Å². The highest BCUT2D eigenvalue weighted by Gasteiger charge is 2.39. The van der Waals surface area contributed by atoms with E-state index in [0.29, 0.717) is 6.42 Å². The lowest BCUT2D eigenvalue weighted by atomic mass is 9.74. The average molecular weight is 294 g/mol. The second-order valence-electron chi connectivity index (χ2n) is 5.13. The topological polar surface area (TPSA) is 54.4 Å². The lowest BCUT2D eigenvalue weighted by Crippen LogP contribution is -2.35. The molecule has 1 rings (SSSR count). The van der Waals surface area contributed by atoms with Crippen LogP contribution in [0.25, 0.3) is 0 Å². The Labute approximate surface area is 125 Å². The van der Waals surface area contributed by atoms with Crippen molar-refractivity contribution in [3.63, 3.8) is 0 Å². The fourth-order valence-corrected chi connectivity index (χ4v) is 2.83. The molecule has 0 aromatic heterocycles. The predicted octanol–water partition coefficient (Wildman–Crippen LogP) is 3.83. The van der Waals surface area contributed by atoms with E-state index in [1.54, 1.807) is 0 Å². The number of thiol groups is 1. The van der Waals surface area contributed by atoms with Gasteiger partial charge in [-0.3, -0.25) is 9.59 Å². The highest BCUT2D eigenvalue weighted by atomic mass is 32.1. The Morgan fingerprint density at radius 2 is 1.80 bits per heavy atom. The summed E-state index contributed by atoms with van der Waals surface area (Å²) in [5, 5.41) is 8.82. The number of aliphatic carboxylic acids is 1. The molecule has 1 aromatic carbocycles. The molecule has 0 spiro atoms. The lowest BCUT2D eigenvalue weighted by Gasteiger charge is -2.29. The van der Waals surface area contributed by atoms with E-state index in [0.717, 1.165) is 31.2 Å². The van der Waals surface area contributed by atoms with Gasteiger partial charge in [0.2, 0.25) is 0 Å². The molecular formula is C16H22O3S. The van der Waals surface area contributed by atoms with Crippen LogP contribution in [-0.2, 0) is 15.0 Å². The van der Waals surface area contributed by atoms with Gasteiger partial charge in [-0.15, -0.1) is 12.6 Å². The fraction of sp³-hybridized carbons (Fsp3) is 0.500. The van der Waals surface area contributed by atoms with E-state index < -0.39 is 11.4 Å². The Kier molecular flexibility index (Phi) is 6.79. The molecule has 1 unspecified atom stereocenters. The van der Waals surface area contributed by atoms with Crippen molar-refractivity contribution < 1.29 is 14.7 Å². The third-order valence-corrected chi connectivity index (χ3v) is 4.07. The SMILES string of the molecule is CCCCCCC(CC(=O)O)(C(=O)S)c1ccccc1. The van der Waals surface area contributed by atoms with E-state index in [4.69, 9.17) is 0 Å². The standard InChI is InChI=1S/C16H22O3S/c1-2-3-4-8-11-16(15(19)20,12-14(17)18)13-9-6-5-7-10-13/h5-7,9-10H,2-4,8,11-12H2,1H3,(H,17,18)(H,19,20). The first kappa shape index (κ1) is 16.8. The van der Waals surface area contributed by atoms with Gasteiger partial charge in [-0.05, 0) is 12.0 Å². The minimum absolute atomic E-state index is 0.203. The van der Waals surface area contributed by atoms with Crippen LogP contribution in [0.4, 0.5) is 0 Å². The first-order valence-corrected chi connectivity index (χ1v) is 7.48. The molecule has 0 amide bonds. The number of carbonyl (C=O) groups excluding carboxylic acids is 1. The highest BCUT2D eigenvalue weighted by molar-refractivity contribution is 7.96. The van der Waals surface area contributed by atoms with Gasteiger partial charge in [-0.1, -0.05) is 62.9 Å². The number of carboxylic acid groups (broad SMARTS) is 1. The summed E-state index contributed by atoms with van der Waals surface area (Å²) in [5.74, 6) is -0.966. The maximum atomic E-state index is 12.1. The summed E-state index contributed by atoms with van der Waals surface area (Å²) in [7, 11) is 0. The van der Waals surface area contributed by atoms with Gasteiger partial charge in [0.05, 0.1) is 11.8 Å². The molecule has 4 heteroatoms. The molecule has 110 valence electrons. The molecular weight excluding hydrogens is 272 g/mol. The molecule has 0 radical (unpaired) electrons. The summed E-state index contributed by atoms with van der Waals surface area (Å²) in [6.45, 7) is 2.12. The Hall–Kier alpha value is -1.29. The van der Waals surface area contributed by atoms with Crippen LogP contribution in [0.2, 0.25) is 0 Å². The van der Waals surface area contributed by atoms with Crippen molar-refractivity contribution in [1.82, 2.24) is 0 Å². The largest absolute Gasteiger partial charge is 0.481 e. The Balaban J connectivity index is 3.02. The molecule has 3 nitrogen and oxygen atoms in total. The molecule has 0 heterocycles. The fourth-order valence-electron chi connectivity index (χ4n) is 2.51. The minimum Gasteiger partial charge on any atom is -0.481 e. The van der Waals surface area contributed by atoms with Crippen molar-refractivity contribution in [3.05, 3.63) is 35.9 Å². The summed E-state index contributed by atoms with van der Waals surface area (Å²) in [5.41, 5.74) is -0.261. The molecule has 20 heavy (non-hydrogen) atoms. The van der Waals surface area contributed by atoms with Gasteiger partial charge >= 0.3 is 5.97 Å². The van der Waals surface area contributed by atoms with E-state index in [1.807, 2.05) is 30.3 Å². The smallest absolute Gasteiger partial charge is 0.304 e. The minimum atomic E-state index is -1.01. The number of carboxylic acids is 1. The lowest BCUT2D eigenvalue weighted by molar-refractivity contribution is -0.140. The number of hydrogen-bond donors (Lipinski definition) is 2. The molecule has 1 aromatic rings. The van der Waals surface area contributed by atoms with Gasteiger partial charge < -0.3 is 5.11 Å². The molecule has 0 bridgehead atoms. The second kappa shape index (κ2) is 8.10. The van der Waals surface area contributed by atoms with E-state index in [2.05, 4.69) is 19.6 Å². The van der Waals surface area contributed by atoms with Crippen molar-refractivity contribution in [1.29, 1.82) is 0 Å². The van der Waals surface area contributed by atoms with E-state index >= 15 is 0 Å². The second-order valence-corrected chi connectivity index (χ2v) is 5.54. The molecule has 0 aliphatic rings. The number of rotatable bonds is 9. The molecule has 0 aliphatic heterocycles. The Morgan fingerprint density at radius 1 is 1.15 bits per heavy atom. The average Bonchev–Trinajstić information content (AvgIpc) is 2.42. The summed E-state index contributed by atoms with van der Waals surface area (Å²) >= 11 is 3.99. The van der Waals surface area contributed by atoms with Crippen LogP contribution in [0.3, 0.4) is 0 Å². The van der Waals surface area contributed by atoms with Crippen LogP contribution in [0.15, 0.2) is 30.3 Å². The van der Waals surface area contributed by atoms with Crippen LogP contribution in [0.5, 0.6) is 0 Å². The predicted molar refractivity (Wildman–Crippen MR) is 83.1 cm³/mol. The molecule has 0 fully saturated rings. The zero-order valence-electron chi connectivity index (χ0n) is 11.8. The van der Waals surface area contributed by atoms with Crippen LogP contribution < -0.4 is 0 Å². The summed E-state index contributed by atoms with van der Waals surface area (Å²) in [6.07, 6.45) is 4.37. The van der Waals surface area contributed by atoms with E-state index in [9.17, 15) is 14.7 Å². The molecule has 1 N–H and O–H groups in total. The molecule has 0 aliphatic carbocycles. The molecule has 0 saturated heterocycles. The quantitative estimate of drug-likeness (QED) is 0.537. The van der Waals surface area contributed by atoms with Gasteiger partial charge in [0.15, 0.2) is 5.12 Å². The third kappa shape index (κ3) is 4.37. The monoisotopic (exact) mass is 294 g/mol. The first-order chi connectivity index (χ1) is 9.53. The number of benzene rings is 1. The third-order valence-electron chi connectivity index (χ3n) is 3.65. The van der Waals surface area contributed by atoms with Gasteiger partial charge in [0.25, 0.3) is 0 Å². The summed E-state index contributed by atoms with van der Waals surface area (Å²) in [4.78, 5) is 23.3. The summed E-state index contributed by atoms with van der Waals surface area (Å²) in [6, 6.07) is 9.15.